The van der Waals surface area contributed by atoms with Crippen molar-refractivity contribution in [2.75, 3.05) is 43.5 Å². The van der Waals surface area contributed by atoms with Crippen molar-refractivity contribution in [1.82, 2.24) is 14.7 Å². The maximum Gasteiger partial charge on any atom is 0.242 e. The summed E-state index contributed by atoms with van der Waals surface area (Å²) >= 11 is 3.20. The van der Waals surface area contributed by atoms with E-state index in [1.54, 1.807) is 49.7 Å². The molecule has 0 radical (unpaired) electrons. The lowest BCUT2D eigenvalue weighted by Crippen LogP contribution is -2.48. The Kier molecular flexibility index (Phi) is 6.93. The normalized spacial score (nSPS) is 18.8. The van der Waals surface area contributed by atoms with Gasteiger partial charge in [-0.3, -0.25) is 14.5 Å². The Hall–Kier alpha value is -2.69. The molecule has 1 fully saturated rings. The summed E-state index contributed by atoms with van der Waals surface area (Å²) < 4.78 is 20.9. The third-order valence-corrected chi connectivity index (χ3v) is 8.65. The van der Waals surface area contributed by atoms with E-state index >= 15 is 0 Å². The molecule has 190 valence electrons. The minimum absolute atomic E-state index is 0.0833. The summed E-state index contributed by atoms with van der Waals surface area (Å²) in [6.07, 6.45) is 0. The van der Waals surface area contributed by atoms with E-state index in [-0.39, 0.29) is 40.6 Å². The summed E-state index contributed by atoms with van der Waals surface area (Å²) in [4.78, 5) is 31.4. The summed E-state index contributed by atoms with van der Waals surface area (Å²) in [5.74, 6) is 0.199. The number of amides is 2. The number of morpholine rings is 1. The molecule has 0 bridgehead atoms. The molecule has 2 aromatic heterocycles. The third-order valence-electron chi connectivity index (χ3n) is 6.33. The zero-order valence-electron chi connectivity index (χ0n) is 20.6. The molecule has 1 atom stereocenters. The summed E-state index contributed by atoms with van der Waals surface area (Å²) in [5, 5.41) is 6.93. The zero-order chi connectivity index (χ0) is 25.4. The van der Waals surface area contributed by atoms with Crippen molar-refractivity contribution in [3.8, 4) is 5.69 Å². The lowest BCUT2D eigenvalue weighted by Gasteiger charge is -2.30. The first-order valence-corrected chi connectivity index (χ1v) is 13.9. The van der Waals surface area contributed by atoms with E-state index in [1.807, 2.05) is 11.4 Å². The van der Waals surface area contributed by atoms with Gasteiger partial charge in [-0.05, 0) is 35.7 Å². The number of carbonyl (C=O) groups is 2. The molecule has 2 aliphatic heterocycles. The molecular formula is C26H29FN4O3S2. The molecule has 10 heteroatoms. The molecule has 0 N–H and O–H groups in total. The van der Waals surface area contributed by atoms with E-state index in [9.17, 15) is 14.0 Å². The summed E-state index contributed by atoms with van der Waals surface area (Å²) in [6, 6.07) is 10.2. The summed E-state index contributed by atoms with van der Waals surface area (Å²) in [6.45, 7) is 8.19. The highest BCUT2D eigenvalue weighted by molar-refractivity contribution is 8.00. The van der Waals surface area contributed by atoms with Crippen LogP contribution in [0.3, 0.4) is 0 Å². The second-order valence-corrected chi connectivity index (χ2v) is 12.0. The number of fused-ring (bicyclic) bond motifs is 1. The van der Waals surface area contributed by atoms with Crippen LogP contribution in [0.25, 0.3) is 5.69 Å². The van der Waals surface area contributed by atoms with Gasteiger partial charge < -0.3 is 9.64 Å². The predicted octanol–water partition coefficient (Wildman–Crippen LogP) is 4.40. The molecule has 2 amide bonds. The molecular weight excluding hydrogens is 499 g/mol. The lowest BCUT2D eigenvalue weighted by atomic mass is 9.88. The fourth-order valence-electron chi connectivity index (χ4n) is 4.55. The number of nitrogens with zero attached hydrogens (tertiary/aromatic N) is 4. The van der Waals surface area contributed by atoms with Crippen LogP contribution >= 0.6 is 23.1 Å². The molecule has 3 aromatic rings. The van der Waals surface area contributed by atoms with Crippen LogP contribution in [0.2, 0.25) is 0 Å². The van der Waals surface area contributed by atoms with E-state index in [0.29, 0.717) is 37.8 Å². The van der Waals surface area contributed by atoms with Crippen molar-refractivity contribution >= 4 is 40.7 Å². The highest BCUT2D eigenvalue weighted by Gasteiger charge is 2.40. The topological polar surface area (TPSA) is 67.7 Å². The van der Waals surface area contributed by atoms with Gasteiger partial charge in [0.2, 0.25) is 11.8 Å². The van der Waals surface area contributed by atoms with E-state index in [1.165, 1.54) is 12.1 Å². The Bertz CT molecular complexity index is 1250. The second-order valence-electron chi connectivity index (χ2n) is 9.90. The van der Waals surface area contributed by atoms with Crippen molar-refractivity contribution in [2.24, 2.45) is 0 Å². The van der Waals surface area contributed by atoms with Gasteiger partial charge in [0.15, 0.2) is 0 Å². The van der Waals surface area contributed by atoms with Crippen LogP contribution in [0.15, 0.2) is 41.8 Å². The van der Waals surface area contributed by atoms with E-state index in [2.05, 4.69) is 26.8 Å². The zero-order valence-corrected chi connectivity index (χ0v) is 22.2. The van der Waals surface area contributed by atoms with Crippen molar-refractivity contribution < 1.29 is 18.7 Å². The number of ether oxygens (including phenoxy) is 1. The molecule has 7 nitrogen and oxygen atoms in total. The standard InChI is InChI=1S/C26H29FN4O3S2/c1-26(2,3)24-22-23(19-5-4-14-35-19)36-16-21(33)30(15-20(32)29-10-12-34-13-11-29)25(22)31(28-24)18-8-6-17(27)7-9-18/h4-9,14,23H,10-13,15-16H2,1-3H3/t23-/m0/s1. The number of hydrogen-bond acceptors (Lipinski definition) is 6. The van der Waals surface area contributed by atoms with Crippen molar-refractivity contribution in [3.63, 3.8) is 0 Å². The van der Waals surface area contributed by atoms with Crippen LogP contribution in [-0.4, -0.2) is 65.1 Å². The number of aromatic nitrogens is 2. The lowest BCUT2D eigenvalue weighted by molar-refractivity contribution is -0.134. The predicted molar refractivity (Wildman–Crippen MR) is 141 cm³/mol. The van der Waals surface area contributed by atoms with Gasteiger partial charge in [0.1, 0.15) is 18.2 Å². The van der Waals surface area contributed by atoms with Crippen LogP contribution in [0.1, 0.15) is 42.2 Å². The first-order chi connectivity index (χ1) is 17.2. The minimum Gasteiger partial charge on any atom is -0.378 e. The Labute approximate surface area is 218 Å². The molecule has 2 aliphatic rings. The largest absolute Gasteiger partial charge is 0.378 e. The van der Waals surface area contributed by atoms with Gasteiger partial charge in [0.05, 0.1) is 35.6 Å². The van der Waals surface area contributed by atoms with E-state index in [0.717, 1.165) is 16.1 Å². The van der Waals surface area contributed by atoms with Gasteiger partial charge in [0.25, 0.3) is 0 Å². The number of hydrogen-bond donors (Lipinski definition) is 0. The maximum absolute atomic E-state index is 13.8. The number of thioether (sulfide) groups is 1. The van der Waals surface area contributed by atoms with Crippen LogP contribution in [0, 0.1) is 5.82 Å². The highest BCUT2D eigenvalue weighted by atomic mass is 32.2. The molecule has 4 heterocycles. The van der Waals surface area contributed by atoms with Gasteiger partial charge in [-0.1, -0.05) is 26.8 Å². The molecule has 0 saturated carbocycles. The average molecular weight is 529 g/mol. The Balaban J connectivity index is 1.70. The first kappa shape index (κ1) is 25.0. The van der Waals surface area contributed by atoms with Gasteiger partial charge >= 0.3 is 0 Å². The van der Waals surface area contributed by atoms with Crippen LogP contribution in [0.5, 0.6) is 0 Å². The van der Waals surface area contributed by atoms with Crippen molar-refractivity contribution in [2.45, 2.75) is 31.4 Å². The number of benzene rings is 1. The number of carbonyl (C=O) groups excluding carboxylic acids is 2. The summed E-state index contributed by atoms with van der Waals surface area (Å²) in [7, 11) is 0. The Morgan fingerprint density at radius 2 is 1.89 bits per heavy atom. The molecule has 0 spiro atoms. The molecule has 1 aromatic carbocycles. The maximum atomic E-state index is 13.8. The molecule has 5 rings (SSSR count). The van der Waals surface area contributed by atoms with E-state index < -0.39 is 0 Å². The van der Waals surface area contributed by atoms with Gasteiger partial charge in [-0.15, -0.1) is 23.1 Å². The second kappa shape index (κ2) is 9.99. The Morgan fingerprint density at radius 1 is 1.17 bits per heavy atom. The van der Waals surface area contributed by atoms with Crippen molar-refractivity contribution in [3.05, 3.63) is 63.7 Å². The SMILES string of the molecule is CC(C)(C)c1nn(-c2ccc(F)cc2)c2c1[C@H](c1cccs1)SCC(=O)N2CC(=O)N1CCOCC1. The molecule has 1 saturated heterocycles. The first-order valence-electron chi connectivity index (χ1n) is 11.9. The monoisotopic (exact) mass is 528 g/mol. The molecule has 0 unspecified atom stereocenters. The van der Waals surface area contributed by atoms with Crippen LogP contribution in [-0.2, 0) is 19.7 Å². The fourth-order valence-corrected chi connectivity index (χ4v) is 6.72. The number of halogens is 1. The van der Waals surface area contributed by atoms with Gasteiger partial charge in [0, 0.05) is 28.9 Å². The summed E-state index contributed by atoms with van der Waals surface area (Å²) in [5.41, 5.74) is 2.08. The number of thiophene rings is 1. The number of rotatable bonds is 4. The Morgan fingerprint density at radius 3 is 2.53 bits per heavy atom. The smallest absolute Gasteiger partial charge is 0.242 e. The molecule has 36 heavy (non-hydrogen) atoms. The quantitative estimate of drug-likeness (QED) is 0.502. The van der Waals surface area contributed by atoms with Crippen LogP contribution in [0.4, 0.5) is 10.2 Å². The van der Waals surface area contributed by atoms with Gasteiger partial charge in [-0.2, -0.15) is 5.10 Å². The molecule has 0 aliphatic carbocycles. The average Bonchev–Trinajstić information content (AvgIpc) is 3.50. The fraction of sp³-hybridized carbons (Fsp3) is 0.423. The van der Waals surface area contributed by atoms with Crippen molar-refractivity contribution in [1.29, 1.82) is 0 Å². The van der Waals surface area contributed by atoms with Gasteiger partial charge in [-0.25, -0.2) is 9.07 Å². The van der Waals surface area contributed by atoms with Crippen LogP contribution < -0.4 is 4.90 Å². The highest BCUT2D eigenvalue weighted by Crippen LogP contribution is 2.49. The van der Waals surface area contributed by atoms with E-state index in [4.69, 9.17) is 9.84 Å². The number of anilines is 1. The minimum atomic E-state index is -0.351. The third kappa shape index (κ3) is 4.81.